The van der Waals surface area contributed by atoms with Crippen molar-refractivity contribution >= 4 is 28.6 Å². The van der Waals surface area contributed by atoms with Crippen LogP contribution in [-0.4, -0.2) is 11.1 Å². The Hall–Kier alpha value is -1.02. The topological polar surface area (TPSA) is 37.3 Å². The molecule has 0 heterocycles. The first kappa shape index (κ1) is 10.1. The molecular formula is C10H7IO2. The lowest BCUT2D eigenvalue weighted by atomic mass is 10.2. The van der Waals surface area contributed by atoms with E-state index in [2.05, 4.69) is 34.4 Å². The third kappa shape index (κ3) is 3.95. The van der Waals surface area contributed by atoms with Crippen LogP contribution in [0.1, 0.15) is 12.0 Å². The molecule has 0 aliphatic heterocycles. The molecule has 0 aliphatic carbocycles. The lowest BCUT2D eigenvalue weighted by Crippen LogP contribution is -1.90. The summed E-state index contributed by atoms with van der Waals surface area (Å²) in [6.45, 7) is 0. The molecule has 13 heavy (non-hydrogen) atoms. The lowest BCUT2D eigenvalue weighted by Gasteiger charge is -1.90. The van der Waals surface area contributed by atoms with E-state index in [1.54, 1.807) is 0 Å². The van der Waals surface area contributed by atoms with Crippen molar-refractivity contribution in [2.24, 2.45) is 0 Å². The largest absolute Gasteiger partial charge is 0.481 e. The van der Waals surface area contributed by atoms with Crippen LogP contribution >= 0.6 is 22.6 Å². The number of rotatable bonds is 1. The van der Waals surface area contributed by atoms with Gasteiger partial charge in [-0.3, -0.25) is 4.79 Å². The zero-order chi connectivity index (χ0) is 9.68. The predicted octanol–water partition coefficient (Wildman–Crippen LogP) is 2.12. The van der Waals surface area contributed by atoms with Crippen LogP contribution in [0, 0.1) is 15.4 Å². The van der Waals surface area contributed by atoms with Gasteiger partial charge in [0.25, 0.3) is 0 Å². The molecule has 0 spiro atoms. The summed E-state index contributed by atoms with van der Waals surface area (Å²) in [5.74, 6) is 4.47. The van der Waals surface area contributed by atoms with Gasteiger partial charge in [-0.15, -0.1) is 0 Å². The second kappa shape index (κ2) is 4.87. The normalized spacial score (nSPS) is 8.69. The van der Waals surface area contributed by atoms with Gasteiger partial charge >= 0.3 is 5.97 Å². The SMILES string of the molecule is O=C(O)CC#Cc1cccc(I)c1. The van der Waals surface area contributed by atoms with Crippen molar-refractivity contribution in [2.75, 3.05) is 0 Å². The third-order valence-corrected chi connectivity index (χ3v) is 1.97. The number of hydrogen-bond donors (Lipinski definition) is 1. The summed E-state index contributed by atoms with van der Waals surface area (Å²) in [6.07, 6.45) is -0.106. The number of carboxylic acid groups (broad SMARTS) is 1. The summed E-state index contributed by atoms with van der Waals surface area (Å²) < 4.78 is 1.10. The van der Waals surface area contributed by atoms with Gasteiger partial charge in [0, 0.05) is 9.13 Å². The highest BCUT2D eigenvalue weighted by Gasteiger charge is 1.90. The summed E-state index contributed by atoms with van der Waals surface area (Å²) in [6, 6.07) is 7.63. The second-order valence-electron chi connectivity index (χ2n) is 2.38. The van der Waals surface area contributed by atoms with Gasteiger partial charge < -0.3 is 5.11 Å². The summed E-state index contributed by atoms with van der Waals surface area (Å²) >= 11 is 2.19. The Balaban J connectivity index is 2.72. The van der Waals surface area contributed by atoms with E-state index in [1.807, 2.05) is 24.3 Å². The van der Waals surface area contributed by atoms with Crippen molar-refractivity contribution in [2.45, 2.75) is 6.42 Å². The number of benzene rings is 1. The van der Waals surface area contributed by atoms with Crippen LogP contribution in [0.3, 0.4) is 0 Å². The molecule has 0 radical (unpaired) electrons. The van der Waals surface area contributed by atoms with Crippen LogP contribution < -0.4 is 0 Å². The zero-order valence-corrected chi connectivity index (χ0v) is 8.91. The van der Waals surface area contributed by atoms with Gasteiger partial charge in [0.15, 0.2) is 0 Å². The fraction of sp³-hybridized carbons (Fsp3) is 0.100. The second-order valence-corrected chi connectivity index (χ2v) is 3.63. The molecule has 1 aromatic carbocycles. The molecular weight excluding hydrogens is 279 g/mol. The minimum absolute atomic E-state index is 0.106. The summed E-state index contributed by atoms with van der Waals surface area (Å²) in [5, 5.41) is 8.34. The lowest BCUT2D eigenvalue weighted by molar-refractivity contribution is -0.135. The first-order chi connectivity index (χ1) is 6.18. The molecule has 66 valence electrons. The minimum Gasteiger partial charge on any atom is -0.481 e. The molecule has 0 aliphatic rings. The average Bonchev–Trinajstić information content (AvgIpc) is 2.03. The molecule has 2 nitrogen and oxygen atoms in total. The summed E-state index contributed by atoms with van der Waals surface area (Å²) in [5.41, 5.74) is 0.855. The van der Waals surface area contributed by atoms with Gasteiger partial charge in [0.2, 0.25) is 0 Å². The van der Waals surface area contributed by atoms with Crippen molar-refractivity contribution in [3.63, 3.8) is 0 Å². The number of carboxylic acids is 1. The molecule has 3 heteroatoms. The molecule has 0 saturated heterocycles. The van der Waals surface area contributed by atoms with E-state index in [0.29, 0.717) is 0 Å². The van der Waals surface area contributed by atoms with Crippen molar-refractivity contribution in [1.82, 2.24) is 0 Å². The van der Waals surface area contributed by atoms with Gasteiger partial charge in [0.1, 0.15) is 6.42 Å². The zero-order valence-electron chi connectivity index (χ0n) is 6.75. The van der Waals surface area contributed by atoms with Crippen LogP contribution in [0.5, 0.6) is 0 Å². The van der Waals surface area contributed by atoms with Crippen LogP contribution in [0.15, 0.2) is 24.3 Å². The fourth-order valence-electron chi connectivity index (χ4n) is 0.788. The van der Waals surface area contributed by atoms with Gasteiger partial charge in [-0.25, -0.2) is 0 Å². The predicted molar refractivity (Wildman–Crippen MR) is 58.3 cm³/mol. The van der Waals surface area contributed by atoms with Crippen LogP contribution in [0.25, 0.3) is 0 Å². The minimum atomic E-state index is -0.891. The Kier molecular flexibility index (Phi) is 3.77. The number of halogens is 1. The maximum Gasteiger partial charge on any atom is 0.315 e. The summed E-state index contributed by atoms with van der Waals surface area (Å²) in [4.78, 5) is 10.2. The molecule has 0 unspecified atom stereocenters. The molecule has 0 saturated carbocycles. The van der Waals surface area contributed by atoms with Crippen molar-refractivity contribution < 1.29 is 9.90 Å². The standard InChI is InChI=1S/C10H7IO2/c11-9-5-1-3-8(7-9)4-2-6-10(12)13/h1,3,5,7H,6H2,(H,12,13). The van der Waals surface area contributed by atoms with Crippen LogP contribution in [0.4, 0.5) is 0 Å². The van der Waals surface area contributed by atoms with Crippen LogP contribution in [-0.2, 0) is 4.79 Å². The molecule has 0 fully saturated rings. The highest BCUT2D eigenvalue weighted by molar-refractivity contribution is 14.1. The fourth-order valence-corrected chi connectivity index (χ4v) is 1.33. The Morgan fingerprint density at radius 2 is 2.31 bits per heavy atom. The quantitative estimate of drug-likeness (QED) is 0.634. The maximum atomic E-state index is 10.2. The highest BCUT2D eigenvalue weighted by Crippen LogP contribution is 2.06. The monoisotopic (exact) mass is 286 g/mol. The van der Waals surface area contributed by atoms with E-state index in [1.165, 1.54) is 0 Å². The number of hydrogen-bond acceptors (Lipinski definition) is 1. The van der Waals surface area contributed by atoms with E-state index < -0.39 is 5.97 Å². The average molecular weight is 286 g/mol. The first-order valence-corrected chi connectivity index (χ1v) is 4.72. The Labute approximate surface area is 90.1 Å². The molecule has 0 atom stereocenters. The first-order valence-electron chi connectivity index (χ1n) is 3.65. The molecule has 1 aromatic rings. The Morgan fingerprint density at radius 3 is 2.92 bits per heavy atom. The molecule has 0 bridgehead atoms. The van der Waals surface area contributed by atoms with Gasteiger partial charge in [-0.05, 0) is 40.8 Å². The van der Waals surface area contributed by atoms with Crippen molar-refractivity contribution in [3.8, 4) is 11.8 Å². The molecule has 1 N–H and O–H groups in total. The van der Waals surface area contributed by atoms with E-state index >= 15 is 0 Å². The highest BCUT2D eigenvalue weighted by atomic mass is 127. The molecule has 1 rings (SSSR count). The maximum absolute atomic E-state index is 10.2. The van der Waals surface area contributed by atoms with E-state index in [9.17, 15) is 4.79 Å². The van der Waals surface area contributed by atoms with E-state index in [-0.39, 0.29) is 6.42 Å². The summed E-state index contributed by atoms with van der Waals surface area (Å²) in [7, 11) is 0. The van der Waals surface area contributed by atoms with E-state index in [4.69, 9.17) is 5.11 Å². The molecule has 0 aromatic heterocycles. The number of carbonyl (C=O) groups is 1. The van der Waals surface area contributed by atoms with E-state index in [0.717, 1.165) is 9.13 Å². The van der Waals surface area contributed by atoms with Crippen LogP contribution in [0.2, 0.25) is 0 Å². The van der Waals surface area contributed by atoms with Gasteiger partial charge in [-0.2, -0.15) is 0 Å². The van der Waals surface area contributed by atoms with Gasteiger partial charge in [0.05, 0.1) is 0 Å². The van der Waals surface area contributed by atoms with Gasteiger partial charge in [-0.1, -0.05) is 17.9 Å². The number of aliphatic carboxylic acids is 1. The third-order valence-electron chi connectivity index (χ3n) is 1.30. The Bertz CT molecular complexity index is 374. The molecule has 0 amide bonds. The Morgan fingerprint density at radius 1 is 1.54 bits per heavy atom. The smallest absolute Gasteiger partial charge is 0.315 e. The van der Waals surface area contributed by atoms with Crippen molar-refractivity contribution in [1.29, 1.82) is 0 Å². The van der Waals surface area contributed by atoms with Crippen molar-refractivity contribution in [3.05, 3.63) is 33.4 Å².